The number of carbonyl (C=O) groups is 1. The van der Waals surface area contributed by atoms with Crippen molar-refractivity contribution in [3.05, 3.63) is 35.9 Å². The van der Waals surface area contributed by atoms with E-state index in [1.165, 1.54) is 0 Å². The van der Waals surface area contributed by atoms with Crippen LogP contribution < -0.4 is 5.73 Å². The average molecular weight is 289 g/mol. The van der Waals surface area contributed by atoms with Gasteiger partial charge in [-0.3, -0.25) is 4.79 Å². The van der Waals surface area contributed by atoms with Crippen LogP contribution in [0.4, 0.5) is 0 Å². The van der Waals surface area contributed by atoms with Gasteiger partial charge in [0.25, 0.3) is 0 Å². The van der Waals surface area contributed by atoms with Crippen LogP contribution in [0.15, 0.2) is 35.5 Å². The summed E-state index contributed by atoms with van der Waals surface area (Å²) in [4.78, 5) is 14.7. The van der Waals surface area contributed by atoms with Crippen molar-refractivity contribution in [2.45, 2.75) is 39.2 Å². The standard InChI is InChI=1S/C16H23N3O2/c1-2-19(12-13-8-4-3-5-9-13)15(20)16(14(17)18-21)10-6-7-11-16/h3-5,8-9,21H,2,6-7,10-12H2,1H3,(H2,17,18). The third-order valence-electron chi connectivity index (χ3n) is 4.35. The highest BCUT2D eigenvalue weighted by Gasteiger charge is 2.47. The van der Waals surface area contributed by atoms with Gasteiger partial charge in [0.2, 0.25) is 5.91 Å². The average Bonchev–Trinajstić information content (AvgIpc) is 3.03. The Morgan fingerprint density at radius 2 is 1.95 bits per heavy atom. The Morgan fingerprint density at radius 3 is 2.48 bits per heavy atom. The summed E-state index contributed by atoms with van der Waals surface area (Å²) in [5.41, 5.74) is 6.12. The molecule has 0 saturated heterocycles. The summed E-state index contributed by atoms with van der Waals surface area (Å²) in [5.74, 6) is 0.0261. The van der Waals surface area contributed by atoms with E-state index in [0.29, 0.717) is 25.9 Å². The molecule has 1 aromatic rings. The molecule has 1 amide bonds. The highest BCUT2D eigenvalue weighted by Crippen LogP contribution is 2.40. The van der Waals surface area contributed by atoms with Gasteiger partial charge < -0.3 is 15.8 Å². The molecule has 0 aromatic heterocycles. The number of oxime groups is 1. The van der Waals surface area contributed by atoms with E-state index >= 15 is 0 Å². The molecule has 1 saturated carbocycles. The zero-order valence-electron chi connectivity index (χ0n) is 12.5. The van der Waals surface area contributed by atoms with Crippen molar-refractivity contribution in [3.63, 3.8) is 0 Å². The maximum absolute atomic E-state index is 13.0. The van der Waals surface area contributed by atoms with E-state index in [4.69, 9.17) is 10.9 Å². The van der Waals surface area contributed by atoms with Crippen molar-refractivity contribution >= 4 is 11.7 Å². The fourth-order valence-electron chi connectivity index (χ4n) is 3.09. The van der Waals surface area contributed by atoms with E-state index in [9.17, 15) is 4.79 Å². The number of amides is 1. The summed E-state index contributed by atoms with van der Waals surface area (Å²) in [7, 11) is 0. The molecule has 1 aromatic carbocycles. The Kier molecular flexibility index (Phi) is 4.83. The van der Waals surface area contributed by atoms with Gasteiger partial charge >= 0.3 is 0 Å². The monoisotopic (exact) mass is 289 g/mol. The fraction of sp³-hybridized carbons (Fsp3) is 0.500. The highest BCUT2D eigenvalue weighted by atomic mass is 16.4. The smallest absolute Gasteiger partial charge is 0.236 e. The minimum Gasteiger partial charge on any atom is -0.409 e. The largest absolute Gasteiger partial charge is 0.409 e. The molecule has 2 rings (SSSR count). The molecular weight excluding hydrogens is 266 g/mol. The molecule has 0 heterocycles. The molecule has 1 fully saturated rings. The van der Waals surface area contributed by atoms with Gasteiger partial charge in [0.15, 0.2) is 5.84 Å². The first kappa shape index (κ1) is 15.4. The number of nitrogens with two attached hydrogens (primary N) is 1. The molecule has 0 unspecified atom stereocenters. The molecular formula is C16H23N3O2. The first-order valence-electron chi connectivity index (χ1n) is 7.45. The van der Waals surface area contributed by atoms with E-state index in [0.717, 1.165) is 18.4 Å². The predicted molar refractivity (Wildman–Crippen MR) is 81.8 cm³/mol. The molecule has 0 atom stereocenters. The zero-order valence-corrected chi connectivity index (χ0v) is 12.5. The molecule has 3 N–H and O–H groups in total. The second kappa shape index (κ2) is 6.61. The van der Waals surface area contributed by atoms with Crippen LogP contribution in [0.5, 0.6) is 0 Å². The van der Waals surface area contributed by atoms with Crippen LogP contribution in [-0.2, 0) is 11.3 Å². The topological polar surface area (TPSA) is 78.9 Å². The van der Waals surface area contributed by atoms with Crippen LogP contribution in [0.3, 0.4) is 0 Å². The van der Waals surface area contributed by atoms with Gasteiger partial charge in [-0.2, -0.15) is 0 Å². The number of nitrogens with zero attached hydrogens (tertiary/aromatic N) is 2. The third kappa shape index (κ3) is 3.01. The first-order chi connectivity index (χ1) is 10.1. The van der Waals surface area contributed by atoms with Gasteiger partial charge in [0.05, 0.1) is 0 Å². The van der Waals surface area contributed by atoms with Crippen molar-refractivity contribution in [2.75, 3.05) is 6.54 Å². The molecule has 5 heteroatoms. The molecule has 114 valence electrons. The van der Waals surface area contributed by atoms with Crippen LogP contribution in [-0.4, -0.2) is 28.4 Å². The number of hydrogen-bond donors (Lipinski definition) is 2. The Hall–Kier alpha value is -2.04. The van der Waals surface area contributed by atoms with Crippen LogP contribution in [0.1, 0.15) is 38.2 Å². The number of amidine groups is 1. The minimum atomic E-state index is -0.820. The minimum absolute atomic E-state index is 0.0262. The normalized spacial score (nSPS) is 17.7. The molecule has 0 spiro atoms. The van der Waals surface area contributed by atoms with Crippen LogP contribution >= 0.6 is 0 Å². The molecule has 21 heavy (non-hydrogen) atoms. The predicted octanol–water partition coefficient (Wildman–Crippen LogP) is 2.34. The lowest BCUT2D eigenvalue weighted by Crippen LogP contribution is -2.49. The van der Waals surface area contributed by atoms with Crippen LogP contribution in [0.25, 0.3) is 0 Å². The van der Waals surface area contributed by atoms with Crippen LogP contribution in [0.2, 0.25) is 0 Å². The number of hydrogen-bond acceptors (Lipinski definition) is 3. The van der Waals surface area contributed by atoms with E-state index in [1.54, 1.807) is 4.90 Å². The van der Waals surface area contributed by atoms with E-state index < -0.39 is 5.41 Å². The molecule has 5 nitrogen and oxygen atoms in total. The lowest BCUT2D eigenvalue weighted by molar-refractivity contribution is -0.138. The summed E-state index contributed by atoms with van der Waals surface area (Å²) < 4.78 is 0. The SMILES string of the molecule is CCN(Cc1ccccc1)C(=O)C1(C(N)=NO)CCCC1. The molecule has 1 aliphatic rings. The zero-order chi connectivity index (χ0) is 15.3. The summed E-state index contributed by atoms with van der Waals surface area (Å²) in [6.45, 7) is 3.11. The Labute approximate surface area is 125 Å². The van der Waals surface area contributed by atoms with Crippen molar-refractivity contribution < 1.29 is 10.0 Å². The van der Waals surface area contributed by atoms with Crippen LogP contribution in [0, 0.1) is 5.41 Å². The summed E-state index contributed by atoms with van der Waals surface area (Å²) in [6.07, 6.45) is 3.19. The Balaban J connectivity index is 2.22. The lowest BCUT2D eigenvalue weighted by atomic mass is 9.83. The van der Waals surface area contributed by atoms with Crippen molar-refractivity contribution in [1.82, 2.24) is 4.90 Å². The summed E-state index contributed by atoms with van der Waals surface area (Å²) in [5, 5.41) is 12.2. The Bertz CT molecular complexity index is 508. The highest BCUT2D eigenvalue weighted by molar-refractivity contribution is 6.07. The second-order valence-electron chi connectivity index (χ2n) is 5.58. The van der Waals surface area contributed by atoms with Gasteiger partial charge in [-0.1, -0.05) is 48.3 Å². The third-order valence-corrected chi connectivity index (χ3v) is 4.35. The van der Waals surface area contributed by atoms with Crippen molar-refractivity contribution in [1.29, 1.82) is 0 Å². The number of carbonyl (C=O) groups excluding carboxylic acids is 1. The Morgan fingerprint density at radius 1 is 1.33 bits per heavy atom. The molecule has 0 bridgehead atoms. The van der Waals surface area contributed by atoms with Gasteiger partial charge in [-0.05, 0) is 25.3 Å². The number of rotatable bonds is 5. The molecule has 0 aliphatic heterocycles. The van der Waals surface area contributed by atoms with E-state index in [1.807, 2.05) is 37.3 Å². The second-order valence-corrected chi connectivity index (χ2v) is 5.58. The number of benzene rings is 1. The fourth-order valence-corrected chi connectivity index (χ4v) is 3.09. The summed E-state index contributed by atoms with van der Waals surface area (Å²) >= 11 is 0. The first-order valence-corrected chi connectivity index (χ1v) is 7.45. The molecule has 0 radical (unpaired) electrons. The van der Waals surface area contributed by atoms with Crippen molar-refractivity contribution in [2.24, 2.45) is 16.3 Å². The van der Waals surface area contributed by atoms with Crippen molar-refractivity contribution in [3.8, 4) is 0 Å². The summed E-state index contributed by atoms with van der Waals surface area (Å²) in [6, 6.07) is 9.88. The maximum Gasteiger partial charge on any atom is 0.236 e. The van der Waals surface area contributed by atoms with Gasteiger partial charge in [-0.25, -0.2) is 0 Å². The van der Waals surface area contributed by atoms with Gasteiger partial charge in [0.1, 0.15) is 5.41 Å². The van der Waals surface area contributed by atoms with E-state index in [2.05, 4.69) is 5.16 Å². The maximum atomic E-state index is 13.0. The van der Waals surface area contributed by atoms with E-state index in [-0.39, 0.29) is 11.7 Å². The lowest BCUT2D eigenvalue weighted by Gasteiger charge is -2.33. The quantitative estimate of drug-likeness (QED) is 0.378. The van der Waals surface area contributed by atoms with Gasteiger partial charge in [-0.15, -0.1) is 0 Å². The van der Waals surface area contributed by atoms with Gasteiger partial charge in [0, 0.05) is 13.1 Å². The molecule has 1 aliphatic carbocycles.